The fraction of sp³-hybridized carbons (Fsp3) is 0.486. The molecule has 0 fully saturated rings. The Morgan fingerprint density at radius 2 is 1.85 bits per heavy atom. The molecule has 4 rings (SSSR count). The summed E-state index contributed by atoms with van der Waals surface area (Å²) in [5.74, 6) is 0.183. The standard InChI is InChI=1S/C35H47N5O7/c1-22-19-40(23(2)21-41)34(43)29-18-28(36-35(44)37-32-25(4)38-47-26(32)5)15-16-30(29)46-24(3)12-10-11-17-45-31(22)20-39(6)33(42)27-13-8-7-9-14-27/h7-9,13-16,18,22-24,31,41H,10-12,17,19-21H2,1-6H3,(H2,36,37,44)/t22-,23+,24-,31-/m0/s1. The van der Waals surface area contributed by atoms with Crippen molar-refractivity contribution in [3.8, 4) is 5.75 Å². The van der Waals surface area contributed by atoms with Crippen molar-refractivity contribution in [3.63, 3.8) is 0 Å². The average molecular weight is 650 g/mol. The SMILES string of the molecule is Cc1noc(C)c1NC(=O)Nc1ccc2c(c1)C(=O)N([C@H](C)CO)C[C@H](C)[C@H](CN(C)C(=O)c1ccccc1)OCCCC[C@H](C)O2. The van der Waals surface area contributed by atoms with Crippen LogP contribution < -0.4 is 15.4 Å². The number of urea groups is 1. The molecular formula is C35H47N5O7. The summed E-state index contributed by atoms with van der Waals surface area (Å²) in [6, 6.07) is 13.0. The van der Waals surface area contributed by atoms with E-state index >= 15 is 0 Å². The lowest BCUT2D eigenvalue weighted by atomic mass is 10.0. The van der Waals surface area contributed by atoms with Gasteiger partial charge in [0.2, 0.25) is 0 Å². The van der Waals surface area contributed by atoms with Gasteiger partial charge in [-0.05, 0) is 77.3 Å². The van der Waals surface area contributed by atoms with Gasteiger partial charge in [0.05, 0.1) is 30.4 Å². The van der Waals surface area contributed by atoms with E-state index in [0.29, 0.717) is 47.3 Å². The molecule has 254 valence electrons. The Morgan fingerprint density at radius 3 is 2.53 bits per heavy atom. The number of aliphatic hydroxyl groups excluding tert-OH is 1. The number of fused-ring (bicyclic) bond motifs is 1. The lowest BCUT2D eigenvalue weighted by molar-refractivity contribution is -0.0149. The van der Waals surface area contributed by atoms with Crippen molar-refractivity contribution in [1.82, 2.24) is 15.0 Å². The number of aromatic nitrogens is 1. The van der Waals surface area contributed by atoms with Gasteiger partial charge < -0.3 is 39.5 Å². The summed E-state index contributed by atoms with van der Waals surface area (Å²) in [6.45, 7) is 9.95. The monoisotopic (exact) mass is 649 g/mol. The molecule has 2 heterocycles. The number of nitrogens with zero attached hydrogens (tertiary/aromatic N) is 3. The van der Waals surface area contributed by atoms with Gasteiger partial charge in [0.15, 0.2) is 5.76 Å². The van der Waals surface area contributed by atoms with Crippen molar-refractivity contribution in [2.75, 3.05) is 44.0 Å². The van der Waals surface area contributed by atoms with Gasteiger partial charge in [-0.3, -0.25) is 9.59 Å². The summed E-state index contributed by atoms with van der Waals surface area (Å²) in [5.41, 5.74) is 2.24. The number of benzene rings is 2. The number of carbonyl (C=O) groups excluding carboxylic acids is 3. The zero-order valence-electron chi connectivity index (χ0n) is 28.1. The Hall–Kier alpha value is -4.42. The third-order valence-corrected chi connectivity index (χ3v) is 8.40. The molecule has 1 aromatic heterocycles. The molecule has 0 unspecified atom stereocenters. The van der Waals surface area contributed by atoms with Gasteiger partial charge >= 0.3 is 6.03 Å². The van der Waals surface area contributed by atoms with E-state index in [2.05, 4.69) is 15.8 Å². The number of hydrogen-bond donors (Lipinski definition) is 3. The highest BCUT2D eigenvalue weighted by Gasteiger charge is 2.31. The molecule has 1 aliphatic rings. The summed E-state index contributed by atoms with van der Waals surface area (Å²) >= 11 is 0. The van der Waals surface area contributed by atoms with E-state index in [9.17, 15) is 19.5 Å². The number of aliphatic hydroxyl groups is 1. The first-order chi connectivity index (χ1) is 22.5. The maximum atomic E-state index is 14.3. The molecule has 0 bridgehead atoms. The molecule has 47 heavy (non-hydrogen) atoms. The third kappa shape index (κ3) is 9.32. The van der Waals surface area contributed by atoms with Gasteiger partial charge in [-0.1, -0.05) is 30.3 Å². The zero-order valence-corrected chi connectivity index (χ0v) is 28.1. The second kappa shape index (κ2) is 16.4. The highest BCUT2D eigenvalue weighted by Crippen LogP contribution is 2.29. The van der Waals surface area contributed by atoms with Gasteiger partial charge in [0.1, 0.15) is 17.1 Å². The van der Waals surface area contributed by atoms with Crippen LogP contribution in [0, 0.1) is 19.8 Å². The molecule has 3 N–H and O–H groups in total. The highest BCUT2D eigenvalue weighted by atomic mass is 16.5. The van der Waals surface area contributed by atoms with Crippen LogP contribution in [0.1, 0.15) is 72.2 Å². The number of anilines is 2. The number of carbonyl (C=O) groups is 3. The minimum absolute atomic E-state index is 0.115. The van der Waals surface area contributed by atoms with Crippen molar-refractivity contribution < 1.29 is 33.5 Å². The second-order valence-electron chi connectivity index (χ2n) is 12.3. The van der Waals surface area contributed by atoms with Crippen molar-refractivity contribution in [2.45, 2.75) is 72.1 Å². The normalized spacial score (nSPS) is 19.9. The Kier molecular flexibility index (Phi) is 12.4. The van der Waals surface area contributed by atoms with E-state index in [0.717, 1.165) is 19.3 Å². The predicted molar refractivity (Wildman–Crippen MR) is 179 cm³/mol. The second-order valence-corrected chi connectivity index (χ2v) is 12.3. The molecule has 0 saturated heterocycles. The number of amides is 4. The van der Waals surface area contributed by atoms with Crippen LogP contribution in [0.25, 0.3) is 0 Å². The Balaban J connectivity index is 1.61. The summed E-state index contributed by atoms with van der Waals surface area (Å²) in [5, 5.41) is 19.6. The third-order valence-electron chi connectivity index (χ3n) is 8.40. The zero-order chi connectivity index (χ0) is 34.1. The van der Waals surface area contributed by atoms with Crippen LogP contribution in [0.2, 0.25) is 0 Å². The van der Waals surface area contributed by atoms with E-state index in [4.69, 9.17) is 14.0 Å². The van der Waals surface area contributed by atoms with Crippen LogP contribution in [-0.2, 0) is 4.74 Å². The van der Waals surface area contributed by atoms with E-state index in [1.807, 2.05) is 32.0 Å². The number of likely N-dealkylation sites (N-methyl/N-ethyl adjacent to an activating group) is 1. The molecule has 2 aromatic carbocycles. The molecular weight excluding hydrogens is 602 g/mol. The number of aryl methyl sites for hydroxylation is 2. The predicted octanol–water partition coefficient (Wildman–Crippen LogP) is 5.50. The minimum atomic E-state index is -0.535. The lowest BCUT2D eigenvalue weighted by Crippen LogP contribution is -2.48. The fourth-order valence-electron chi connectivity index (χ4n) is 5.55. The Morgan fingerprint density at radius 1 is 1.11 bits per heavy atom. The molecule has 3 aromatic rings. The molecule has 0 spiro atoms. The highest BCUT2D eigenvalue weighted by molar-refractivity contribution is 6.03. The maximum Gasteiger partial charge on any atom is 0.323 e. The van der Waals surface area contributed by atoms with Crippen LogP contribution in [-0.4, -0.2) is 89.5 Å². The molecule has 0 saturated carbocycles. The van der Waals surface area contributed by atoms with Gasteiger partial charge in [-0.2, -0.15) is 0 Å². The lowest BCUT2D eigenvalue weighted by Gasteiger charge is -2.36. The molecule has 0 radical (unpaired) electrons. The van der Waals surface area contributed by atoms with E-state index in [1.165, 1.54) is 0 Å². The first-order valence-electron chi connectivity index (χ1n) is 16.1. The first kappa shape index (κ1) is 35.4. The van der Waals surface area contributed by atoms with Crippen molar-refractivity contribution in [3.05, 3.63) is 71.1 Å². The average Bonchev–Trinajstić information content (AvgIpc) is 3.37. The van der Waals surface area contributed by atoms with Crippen molar-refractivity contribution in [1.29, 1.82) is 0 Å². The topological polar surface area (TPSA) is 146 Å². The largest absolute Gasteiger partial charge is 0.490 e. The van der Waals surface area contributed by atoms with Gasteiger partial charge in [-0.15, -0.1) is 0 Å². The summed E-state index contributed by atoms with van der Waals surface area (Å²) in [7, 11) is 1.75. The Bertz CT molecular complexity index is 1490. The molecule has 0 aliphatic carbocycles. The molecule has 12 nitrogen and oxygen atoms in total. The van der Waals surface area contributed by atoms with Crippen molar-refractivity contribution in [2.24, 2.45) is 5.92 Å². The van der Waals surface area contributed by atoms with Crippen LogP contribution in [0.15, 0.2) is 53.1 Å². The summed E-state index contributed by atoms with van der Waals surface area (Å²) in [4.78, 5) is 43.7. The minimum Gasteiger partial charge on any atom is -0.490 e. The number of hydrogen-bond acceptors (Lipinski definition) is 8. The van der Waals surface area contributed by atoms with Gasteiger partial charge in [0, 0.05) is 43.9 Å². The maximum absolute atomic E-state index is 14.3. The Labute approximate surface area is 276 Å². The smallest absolute Gasteiger partial charge is 0.323 e. The van der Waals surface area contributed by atoms with E-state index in [-0.39, 0.29) is 48.7 Å². The number of rotatable bonds is 7. The van der Waals surface area contributed by atoms with Crippen LogP contribution in [0.3, 0.4) is 0 Å². The summed E-state index contributed by atoms with van der Waals surface area (Å²) in [6.07, 6.45) is 1.82. The van der Waals surface area contributed by atoms with Crippen LogP contribution in [0.4, 0.5) is 16.2 Å². The number of ether oxygens (including phenoxy) is 2. The van der Waals surface area contributed by atoms with Crippen LogP contribution >= 0.6 is 0 Å². The fourth-order valence-corrected chi connectivity index (χ4v) is 5.55. The summed E-state index contributed by atoms with van der Waals surface area (Å²) < 4.78 is 17.8. The van der Waals surface area contributed by atoms with E-state index < -0.39 is 12.1 Å². The number of nitrogens with one attached hydrogen (secondary N) is 2. The molecule has 4 atom stereocenters. The van der Waals surface area contributed by atoms with Gasteiger partial charge in [0.25, 0.3) is 11.8 Å². The van der Waals surface area contributed by atoms with Gasteiger partial charge in [-0.25, -0.2) is 4.79 Å². The quantitative estimate of drug-likeness (QED) is 0.304. The van der Waals surface area contributed by atoms with Crippen molar-refractivity contribution >= 4 is 29.2 Å². The van der Waals surface area contributed by atoms with E-state index in [1.54, 1.807) is 68.0 Å². The first-order valence-corrected chi connectivity index (χ1v) is 16.1. The molecule has 1 aliphatic heterocycles. The molecule has 4 amide bonds. The van der Waals surface area contributed by atoms with Crippen LogP contribution in [0.5, 0.6) is 5.75 Å². The molecule has 12 heteroatoms.